The number of benzene rings is 4. The summed E-state index contributed by atoms with van der Waals surface area (Å²) in [4.78, 5) is 13.0. The van der Waals surface area contributed by atoms with E-state index in [1.165, 1.54) is 0 Å². The SMILES string of the molecule is Cc1ccc(NC(=O)/C(C#N)=C\c2cn(-c3ccccc3)nc2-c2cccc(OCc3ccc(Cl)cc3)c2)cc1. The van der Waals surface area contributed by atoms with Gasteiger partial charge in [-0.3, -0.25) is 4.79 Å². The maximum absolute atomic E-state index is 13.0. The molecule has 196 valence electrons. The van der Waals surface area contributed by atoms with Crippen LogP contribution < -0.4 is 10.1 Å². The number of hydrogen-bond donors (Lipinski definition) is 1. The average Bonchev–Trinajstić information content (AvgIpc) is 3.41. The molecule has 6 nitrogen and oxygen atoms in total. The molecule has 1 N–H and O–H groups in total. The zero-order chi connectivity index (χ0) is 27.9. The fraction of sp³-hybridized carbons (Fsp3) is 0.0606. The van der Waals surface area contributed by atoms with Crippen molar-refractivity contribution >= 4 is 29.3 Å². The lowest BCUT2D eigenvalue weighted by atomic mass is 10.1. The van der Waals surface area contributed by atoms with Gasteiger partial charge in [-0.15, -0.1) is 0 Å². The normalized spacial score (nSPS) is 11.1. The molecule has 1 aromatic heterocycles. The van der Waals surface area contributed by atoms with Gasteiger partial charge in [-0.1, -0.05) is 71.8 Å². The molecule has 4 aromatic carbocycles. The first-order chi connectivity index (χ1) is 19.5. The maximum Gasteiger partial charge on any atom is 0.266 e. The number of nitriles is 1. The lowest BCUT2D eigenvalue weighted by Gasteiger charge is -2.08. The summed E-state index contributed by atoms with van der Waals surface area (Å²) in [5.74, 6) is 0.166. The van der Waals surface area contributed by atoms with Crippen LogP contribution in [0.25, 0.3) is 23.0 Å². The van der Waals surface area contributed by atoms with Crippen LogP contribution in [0, 0.1) is 18.3 Å². The van der Waals surface area contributed by atoms with Gasteiger partial charge in [0.1, 0.15) is 29.7 Å². The highest BCUT2D eigenvalue weighted by Gasteiger charge is 2.16. The number of aromatic nitrogens is 2. The molecular weight excluding hydrogens is 520 g/mol. The third kappa shape index (κ3) is 6.47. The van der Waals surface area contributed by atoms with E-state index in [-0.39, 0.29) is 5.57 Å². The molecule has 0 spiro atoms. The van der Waals surface area contributed by atoms with Crippen LogP contribution >= 0.6 is 11.6 Å². The monoisotopic (exact) mass is 544 g/mol. The van der Waals surface area contributed by atoms with Crippen LogP contribution in [0.5, 0.6) is 5.75 Å². The fourth-order valence-corrected chi connectivity index (χ4v) is 4.18. The van der Waals surface area contributed by atoms with Crippen LogP contribution in [-0.2, 0) is 11.4 Å². The summed E-state index contributed by atoms with van der Waals surface area (Å²) in [7, 11) is 0. The van der Waals surface area contributed by atoms with Gasteiger partial charge >= 0.3 is 0 Å². The second kappa shape index (κ2) is 12.2. The Morgan fingerprint density at radius 3 is 2.48 bits per heavy atom. The van der Waals surface area contributed by atoms with E-state index in [0.717, 1.165) is 22.4 Å². The van der Waals surface area contributed by atoms with E-state index in [4.69, 9.17) is 21.4 Å². The van der Waals surface area contributed by atoms with Crippen LogP contribution in [0.15, 0.2) is 115 Å². The van der Waals surface area contributed by atoms with Crippen LogP contribution in [0.1, 0.15) is 16.7 Å². The third-order valence-corrected chi connectivity index (χ3v) is 6.42. The molecule has 0 saturated heterocycles. The highest BCUT2D eigenvalue weighted by Crippen LogP contribution is 2.29. The molecule has 0 bridgehead atoms. The van der Waals surface area contributed by atoms with Crippen molar-refractivity contribution in [1.82, 2.24) is 9.78 Å². The molecule has 1 amide bonds. The zero-order valence-electron chi connectivity index (χ0n) is 21.7. The van der Waals surface area contributed by atoms with Crippen LogP contribution in [0.3, 0.4) is 0 Å². The number of hydrogen-bond acceptors (Lipinski definition) is 4. The highest BCUT2D eigenvalue weighted by molar-refractivity contribution is 6.30. The number of aryl methyl sites for hydroxylation is 1. The number of para-hydroxylation sites is 1. The van der Waals surface area contributed by atoms with Crippen molar-refractivity contribution in [3.05, 3.63) is 137 Å². The number of amides is 1. The van der Waals surface area contributed by atoms with Crippen molar-refractivity contribution < 1.29 is 9.53 Å². The molecule has 40 heavy (non-hydrogen) atoms. The second-order valence-corrected chi connectivity index (χ2v) is 9.58. The first-order valence-electron chi connectivity index (χ1n) is 12.6. The standard InChI is InChI=1S/C33H25ClN4O2/c1-23-10-16-29(17-11-23)36-33(39)26(20-35)18-27-21-38(30-7-3-2-4-8-30)37-32(27)25-6-5-9-31(19-25)40-22-24-12-14-28(34)15-13-24/h2-19,21H,22H2,1H3,(H,36,39)/b26-18-. The van der Waals surface area contributed by atoms with E-state index in [1.807, 2.05) is 110 Å². The van der Waals surface area contributed by atoms with Crippen LogP contribution in [0.4, 0.5) is 5.69 Å². The molecular formula is C33H25ClN4O2. The number of ether oxygens (including phenoxy) is 1. The van der Waals surface area contributed by atoms with E-state index < -0.39 is 5.91 Å². The Morgan fingerprint density at radius 2 is 1.75 bits per heavy atom. The summed E-state index contributed by atoms with van der Waals surface area (Å²) in [6.07, 6.45) is 3.37. The maximum atomic E-state index is 13.0. The van der Waals surface area contributed by atoms with E-state index >= 15 is 0 Å². The minimum absolute atomic E-state index is 0.0374. The van der Waals surface area contributed by atoms with E-state index in [2.05, 4.69) is 5.32 Å². The molecule has 1 heterocycles. The molecule has 0 aliphatic rings. The smallest absolute Gasteiger partial charge is 0.266 e. The Hall–Kier alpha value is -5.12. The summed E-state index contributed by atoms with van der Waals surface area (Å²) >= 11 is 5.99. The summed E-state index contributed by atoms with van der Waals surface area (Å²) in [6, 6.07) is 34.2. The molecule has 0 unspecified atom stereocenters. The molecule has 0 fully saturated rings. The summed E-state index contributed by atoms with van der Waals surface area (Å²) in [5.41, 5.74) is 5.50. The lowest BCUT2D eigenvalue weighted by Crippen LogP contribution is -2.13. The predicted molar refractivity (Wildman–Crippen MR) is 158 cm³/mol. The zero-order valence-corrected chi connectivity index (χ0v) is 22.5. The predicted octanol–water partition coefficient (Wildman–Crippen LogP) is 7.63. The van der Waals surface area contributed by atoms with Crippen molar-refractivity contribution in [2.75, 3.05) is 5.32 Å². The number of carbonyl (C=O) groups is 1. The minimum atomic E-state index is -0.496. The molecule has 0 radical (unpaired) electrons. The molecule has 5 aromatic rings. The van der Waals surface area contributed by atoms with E-state index in [9.17, 15) is 10.1 Å². The summed E-state index contributed by atoms with van der Waals surface area (Å²) in [5, 5.41) is 18.2. The quantitative estimate of drug-likeness (QED) is 0.161. The van der Waals surface area contributed by atoms with Gasteiger partial charge in [-0.05, 0) is 67.1 Å². The molecule has 7 heteroatoms. The van der Waals surface area contributed by atoms with Gasteiger partial charge in [-0.2, -0.15) is 10.4 Å². The minimum Gasteiger partial charge on any atom is -0.489 e. The number of anilines is 1. The lowest BCUT2D eigenvalue weighted by molar-refractivity contribution is -0.112. The number of nitrogens with zero attached hydrogens (tertiary/aromatic N) is 3. The summed E-state index contributed by atoms with van der Waals surface area (Å²) < 4.78 is 7.76. The van der Waals surface area contributed by atoms with E-state index in [1.54, 1.807) is 22.9 Å². The Bertz CT molecular complexity index is 1700. The first kappa shape index (κ1) is 26.5. The average molecular weight is 545 g/mol. The third-order valence-electron chi connectivity index (χ3n) is 6.16. The van der Waals surface area contributed by atoms with Crippen molar-refractivity contribution in [3.63, 3.8) is 0 Å². The van der Waals surface area contributed by atoms with Crippen molar-refractivity contribution in [2.45, 2.75) is 13.5 Å². The Balaban J connectivity index is 1.48. The Morgan fingerprint density at radius 1 is 1.00 bits per heavy atom. The van der Waals surface area contributed by atoms with Crippen LogP contribution in [0.2, 0.25) is 5.02 Å². The fourth-order valence-electron chi connectivity index (χ4n) is 4.05. The Labute approximate surface area is 237 Å². The van der Waals surface area contributed by atoms with E-state index in [0.29, 0.717) is 34.3 Å². The molecule has 0 atom stereocenters. The number of carbonyl (C=O) groups excluding carboxylic acids is 1. The van der Waals surface area contributed by atoms with Gasteiger partial charge in [-0.25, -0.2) is 4.68 Å². The molecule has 0 aliphatic heterocycles. The molecule has 0 aliphatic carbocycles. The van der Waals surface area contributed by atoms with Gasteiger partial charge in [0, 0.05) is 28.0 Å². The largest absolute Gasteiger partial charge is 0.489 e. The van der Waals surface area contributed by atoms with Gasteiger partial charge < -0.3 is 10.1 Å². The Kier molecular flexibility index (Phi) is 8.05. The summed E-state index contributed by atoms with van der Waals surface area (Å²) in [6.45, 7) is 2.35. The van der Waals surface area contributed by atoms with Gasteiger partial charge in [0.2, 0.25) is 0 Å². The van der Waals surface area contributed by atoms with Crippen molar-refractivity contribution in [2.24, 2.45) is 0 Å². The first-order valence-corrected chi connectivity index (χ1v) is 13.0. The van der Waals surface area contributed by atoms with Crippen molar-refractivity contribution in [1.29, 1.82) is 5.26 Å². The van der Waals surface area contributed by atoms with Gasteiger partial charge in [0.15, 0.2) is 0 Å². The number of nitrogens with one attached hydrogen (secondary N) is 1. The second-order valence-electron chi connectivity index (χ2n) is 9.15. The number of halogens is 1. The number of rotatable bonds is 8. The van der Waals surface area contributed by atoms with Gasteiger partial charge in [0.25, 0.3) is 5.91 Å². The van der Waals surface area contributed by atoms with Crippen LogP contribution in [-0.4, -0.2) is 15.7 Å². The van der Waals surface area contributed by atoms with Crippen molar-refractivity contribution in [3.8, 4) is 28.8 Å². The van der Waals surface area contributed by atoms with Gasteiger partial charge in [0.05, 0.1) is 5.69 Å². The highest BCUT2D eigenvalue weighted by atomic mass is 35.5. The topological polar surface area (TPSA) is 79.9 Å². The molecule has 5 rings (SSSR count). The molecule has 0 saturated carbocycles.